The van der Waals surface area contributed by atoms with Crippen LogP contribution in [0.25, 0.3) is 10.0 Å². The van der Waals surface area contributed by atoms with Crippen LogP contribution in [0.5, 0.6) is 0 Å². The SMILES string of the molecule is Cc1sc2c(c1C)C(c1ccc(Cl)cc1)=N[C@@H](CC(=O)NCC(C)(C)OC(C)(C)CNC(=O)C[C@@H]1N=C(c3ccc(Cl)cc3)c3c(sc(C)c3C)-n3c(C)nnc31)c1nnc(C)n1-2. The Labute approximate surface area is 385 Å². The zero-order valence-corrected chi connectivity index (χ0v) is 40.1. The van der Waals surface area contributed by atoms with Crippen LogP contribution < -0.4 is 10.6 Å². The zero-order chi connectivity index (χ0) is 45.1. The van der Waals surface area contributed by atoms with E-state index in [1.807, 2.05) is 99.2 Å². The van der Waals surface area contributed by atoms with Crippen molar-refractivity contribution in [2.24, 2.45) is 9.98 Å². The van der Waals surface area contributed by atoms with Gasteiger partial charge in [0.25, 0.3) is 0 Å². The third-order valence-electron chi connectivity index (χ3n) is 11.4. The number of nitrogens with zero attached hydrogens (tertiary/aromatic N) is 8. The van der Waals surface area contributed by atoms with Crippen LogP contribution in [0.3, 0.4) is 0 Å². The molecule has 13 nitrogen and oxygen atoms in total. The van der Waals surface area contributed by atoms with E-state index in [1.165, 1.54) is 9.75 Å². The van der Waals surface area contributed by atoms with Gasteiger partial charge in [-0.2, -0.15) is 0 Å². The summed E-state index contributed by atoms with van der Waals surface area (Å²) in [5, 5.41) is 27.3. The molecule has 2 N–H and O–H groups in total. The molecule has 0 unspecified atom stereocenters. The average Bonchev–Trinajstić information content (AvgIpc) is 3.91. The van der Waals surface area contributed by atoms with Gasteiger partial charge in [0, 0.05) is 55.1 Å². The number of aromatic nitrogens is 6. The van der Waals surface area contributed by atoms with E-state index in [9.17, 15) is 9.59 Å². The Kier molecular flexibility index (Phi) is 12.1. The fourth-order valence-corrected chi connectivity index (χ4v) is 10.9. The maximum Gasteiger partial charge on any atom is 0.222 e. The first-order chi connectivity index (χ1) is 29.8. The van der Waals surface area contributed by atoms with E-state index in [2.05, 4.69) is 58.7 Å². The Morgan fingerprint density at radius 3 is 1.35 bits per heavy atom. The van der Waals surface area contributed by atoms with Gasteiger partial charge in [0.1, 0.15) is 33.7 Å². The molecule has 0 bridgehead atoms. The van der Waals surface area contributed by atoms with Gasteiger partial charge in [-0.1, -0.05) is 47.5 Å². The molecule has 0 aliphatic carbocycles. The Hall–Kier alpha value is -5.06. The van der Waals surface area contributed by atoms with E-state index >= 15 is 0 Å². The van der Waals surface area contributed by atoms with Gasteiger partial charge in [0.05, 0.1) is 35.5 Å². The number of rotatable bonds is 12. The van der Waals surface area contributed by atoms with Crippen LogP contribution in [0.2, 0.25) is 10.0 Å². The second-order valence-corrected chi connectivity index (χ2v) is 20.7. The minimum Gasteiger partial charge on any atom is -0.366 e. The average molecular weight is 926 g/mol. The van der Waals surface area contributed by atoms with Crippen LogP contribution in [0.1, 0.15) is 119 Å². The van der Waals surface area contributed by atoms with Crippen molar-refractivity contribution in [3.8, 4) is 10.0 Å². The minimum absolute atomic E-state index is 0.0427. The number of carbonyl (C=O) groups is 2. The lowest BCUT2D eigenvalue weighted by atomic mass is 9.99. The van der Waals surface area contributed by atoms with E-state index in [1.54, 1.807) is 22.7 Å². The molecule has 0 spiro atoms. The number of halogens is 2. The van der Waals surface area contributed by atoms with E-state index in [-0.39, 0.29) is 37.7 Å². The first-order valence-electron chi connectivity index (χ1n) is 20.8. The smallest absolute Gasteiger partial charge is 0.222 e. The van der Waals surface area contributed by atoms with Crippen LogP contribution in [-0.4, -0.2) is 77.1 Å². The lowest BCUT2D eigenvalue weighted by molar-refractivity contribution is -0.136. The summed E-state index contributed by atoms with van der Waals surface area (Å²) in [7, 11) is 0. The van der Waals surface area contributed by atoms with Crippen LogP contribution in [0.4, 0.5) is 0 Å². The largest absolute Gasteiger partial charge is 0.366 e. The normalized spacial score (nSPS) is 15.9. The number of carbonyl (C=O) groups excluding carboxylic acids is 2. The highest BCUT2D eigenvalue weighted by atomic mass is 35.5. The number of hydrogen-bond donors (Lipinski definition) is 2. The molecule has 63 heavy (non-hydrogen) atoms. The highest BCUT2D eigenvalue weighted by Gasteiger charge is 2.36. The Morgan fingerprint density at radius 1 is 0.619 bits per heavy atom. The number of thiophene rings is 2. The maximum absolute atomic E-state index is 13.8. The van der Waals surface area contributed by atoms with Crippen molar-refractivity contribution in [1.29, 1.82) is 0 Å². The number of hydrogen-bond acceptors (Lipinski definition) is 11. The van der Waals surface area contributed by atoms with Gasteiger partial charge in [-0.25, -0.2) is 0 Å². The fraction of sp³-hybridized carbons (Fsp3) is 0.391. The van der Waals surface area contributed by atoms with E-state index in [0.717, 1.165) is 66.5 Å². The first-order valence-corrected chi connectivity index (χ1v) is 23.2. The predicted octanol–water partition coefficient (Wildman–Crippen LogP) is 9.20. The van der Waals surface area contributed by atoms with Crippen LogP contribution >= 0.6 is 45.9 Å². The number of fused-ring (bicyclic) bond motifs is 6. The summed E-state index contributed by atoms with van der Waals surface area (Å²) in [5.74, 6) is 2.23. The quantitative estimate of drug-likeness (QED) is 0.124. The standard InChI is InChI=1S/C46H50Cl2N10O3S2/c1-23-25(3)62-43-37(23)39(29-11-15-31(47)16-12-29)51-33(41-55-53-27(5)57(41)43)19-35(59)49-21-45(7,8)61-46(9,10)22-50-36(60)20-34-42-56-54-28(6)58(42)44-38(24(2)26(4)63-44)40(52-34)30-13-17-32(48)18-14-30/h11-18,33-34H,19-22H2,1-10H3,(H,49,59)(H,50,60)/t33-,34-/m0/s1. The van der Waals surface area contributed by atoms with E-state index in [0.29, 0.717) is 21.7 Å². The number of aliphatic imine (C=N–C) groups is 2. The second-order valence-electron chi connectivity index (χ2n) is 17.4. The van der Waals surface area contributed by atoms with Crippen molar-refractivity contribution >= 4 is 69.1 Å². The third kappa shape index (κ3) is 8.90. The topological polar surface area (TPSA) is 154 Å². The van der Waals surface area contributed by atoms with Crippen LogP contribution in [0, 0.1) is 41.5 Å². The van der Waals surface area contributed by atoms with E-state index < -0.39 is 23.3 Å². The summed E-state index contributed by atoms with van der Waals surface area (Å²) >= 11 is 15.9. The zero-order valence-electron chi connectivity index (χ0n) is 37.0. The van der Waals surface area contributed by atoms with Crippen molar-refractivity contribution in [2.75, 3.05) is 13.1 Å². The molecule has 0 fully saturated rings. The molecule has 2 aliphatic heterocycles. The summed E-state index contributed by atoms with van der Waals surface area (Å²) in [4.78, 5) is 40.4. The van der Waals surface area contributed by atoms with Gasteiger partial charge < -0.3 is 15.4 Å². The molecule has 2 amide bonds. The van der Waals surface area contributed by atoms with Crippen LogP contribution in [-0.2, 0) is 14.3 Å². The van der Waals surface area contributed by atoms with Gasteiger partial charge in [-0.15, -0.1) is 43.1 Å². The van der Waals surface area contributed by atoms with Gasteiger partial charge in [0.2, 0.25) is 11.8 Å². The summed E-state index contributed by atoms with van der Waals surface area (Å²) in [5.41, 5.74) is 6.00. The number of nitrogens with one attached hydrogen (secondary N) is 2. The number of aryl methyl sites for hydroxylation is 4. The molecule has 17 heteroatoms. The van der Waals surface area contributed by atoms with Crippen molar-refractivity contribution in [1.82, 2.24) is 40.2 Å². The molecule has 0 saturated heterocycles. The number of benzene rings is 2. The Morgan fingerprint density at radius 2 is 0.984 bits per heavy atom. The molecule has 2 aliphatic rings. The van der Waals surface area contributed by atoms with Gasteiger partial charge in [-0.3, -0.25) is 28.7 Å². The summed E-state index contributed by atoms with van der Waals surface area (Å²) < 4.78 is 10.7. The van der Waals surface area contributed by atoms with Gasteiger partial charge >= 0.3 is 0 Å². The molecule has 6 heterocycles. The third-order valence-corrected chi connectivity index (χ3v) is 14.3. The van der Waals surface area contributed by atoms with Crippen molar-refractivity contribution in [3.63, 3.8) is 0 Å². The fourth-order valence-electron chi connectivity index (χ4n) is 8.20. The number of ether oxygens (including phenoxy) is 1. The van der Waals surface area contributed by atoms with Crippen LogP contribution in [0.15, 0.2) is 58.5 Å². The van der Waals surface area contributed by atoms with Gasteiger partial charge in [-0.05, 0) is 105 Å². The monoisotopic (exact) mass is 924 g/mol. The van der Waals surface area contributed by atoms with Crippen molar-refractivity contribution < 1.29 is 14.3 Å². The molecular weight excluding hydrogens is 876 g/mol. The molecule has 2 aromatic carbocycles. The lowest BCUT2D eigenvalue weighted by Crippen LogP contribution is -2.50. The van der Waals surface area contributed by atoms with Crippen molar-refractivity contribution in [2.45, 2.75) is 105 Å². The molecule has 0 saturated carbocycles. The second kappa shape index (κ2) is 17.1. The molecule has 4 aromatic heterocycles. The maximum atomic E-state index is 13.8. The summed E-state index contributed by atoms with van der Waals surface area (Å²) in [6.45, 7) is 20.3. The molecule has 6 aromatic rings. The van der Waals surface area contributed by atoms with Gasteiger partial charge in [0.15, 0.2) is 11.6 Å². The molecule has 2 atom stereocenters. The first kappa shape index (κ1) is 44.5. The summed E-state index contributed by atoms with van der Waals surface area (Å²) in [6, 6.07) is 14.0. The predicted molar refractivity (Wildman–Crippen MR) is 251 cm³/mol. The minimum atomic E-state index is -0.805. The Bertz CT molecular complexity index is 2620. The number of amides is 2. The molecule has 0 radical (unpaired) electrons. The lowest BCUT2D eigenvalue weighted by Gasteiger charge is -2.36. The molecule has 328 valence electrons. The highest BCUT2D eigenvalue weighted by Crippen LogP contribution is 2.41. The van der Waals surface area contributed by atoms with E-state index in [4.69, 9.17) is 37.9 Å². The molecule has 8 rings (SSSR count). The highest BCUT2D eigenvalue weighted by molar-refractivity contribution is 7.15. The summed E-state index contributed by atoms with van der Waals surface area (Å²) in [6.07, 6.45) is 0.0854. The Balaban J connectivity index is 0.943. The molecular formula is C46H50Cl2N10O3S2. The van der Waals surface area contributed by atoms with Crippen molar-refractivity contribution in [3.05, 3.63) is 125 Å².